The number of benzene rings is 1. The number of likely N-dealkylation sites (N-methyl/N-ethyl adjacent to an activating group) is 1. The van der Waals surface area contributed by atoms with Crippen molar-refractivity contribution in [1.29, 1.82) is 0 Å². The molecule has 0 saturated carbocycles. The first-order chi connectivity index (χ1) is 17.0. The topological polar surface area (TPSA) is 95.2 Å². The number of ether oxygens (including phenoxy) is 1. The Kier molecular flexibility index (Phi) is 6.90. The number of hydrogen-bond donors (Lipinski definition) is 3. The van der Waals surface area contributed by atoms with Crippen LogP contribution in [0.2, 0.25) is 5.02 Å². The number of fused-ring (bicyclic) bond motifs is 1. The number of carbonyl (C=O) groups excluding carboxylic acids is 1. The van der Waals surface area contributed by atoms with Gasteiger partial charge in [0.2, 0.25) is 0 Å². The van der Waals surface area contributed by atoms with Gasteiger partial charge in [0.1, 0.15) is 17.1 Å². The lowest BCUT2D eigenvalue weighted by Crippen LogP contribution is -2.26. The third kappa shape index (κ3) is 5.27. The molecule has 4 aromatic rings. The molecule has 3 N–H and O–H groups in total. The van der Waals surface area contributed by atoms with E-state index in [0.29, 0.717) is 28.3 Å². The van der Waals surface area contributed by atoms with Crippen LogP contribution in [0.4, 0.5) is 5.69 Å². The summed E-state index contributed by atoms with van der Waals surface area (Å²) in [6.45, 7) is 5.13. The van der Waals surface area contributed by atoms with Gasteiger partial charge in [0, 0.05) is 43.2 Å². The van der Waals surface area contributed by atoms with E-state index in [2.05, 4.69) is 48.9 Å². The Labute approximate surface area is 212 Å². The number of likely N-dealkylation sites (tertiary alicyclic amines) is 1. The number of carbonyl (C=O) groups is 1. The van der Waals surface area contributed by atoms with Gasteiger partial charge in [-0.05, 0) is 54.6 Å². The number of imidazole rings is 1. The molecule has 0 spiro atoms. The third-order valence-corrected chi connectivity index (χ3v) is 7.50. The van der Waals surface area contributed by atoms with Gasteiger partial charge in [0.25, 0.3) is 5.91 Å². The molecule has 0 aliphatic carbocycles. The van der Waals surface area contributed by atoms with Crippen LogP contribution in [0.25, 0.3) is 22.6 Å². The highest BCUT2D eigenvalue weighted by atomic mass is 35.5. The number of nitrogens with zero attached hydrogens (tertiary/aromatic N) is 3. The van der Waals surface area contributed by atoms with Gasteiger partial charge in [-0.3, -0.25) is 9.69 Å². The fraction of sp³-hybridized carbons (Fsp3) is 0.320. The van der Waals surface area contributed by atoms with Gasteiger partial charge in [-0.2, -0.15) is 0 Å². The van der Waals surface area contributed by atoms with Crippen LogP contribution in [0.15, 0.2) is 41.9 Å². The van der Waals surface area contributed by atoms with E-state index in [1.807, 2.05) is 35.6 Å². The number of aromatic amines is 1. The first kappa shape index (κ1) is 23.6. The van der Waals surface area contributed by atoms with Crippen LogP contribution in [0, 0.1) is 6.92 Å². The number of pyridine rings is 1. The number of rotatable bonds is 8. The molecule has 8 nitrogen and oxygen atoms in total. The van der Waals surface area contributed by atoms with Crippen molar-refractivity contribution in [3.63, 3.8) is 0 Å². The average molecular weight is 511 g/mol. The molecule has 1 aliphatic heterocycles. The molecule has 1 amide bonds. The summed E-state index contributed by atoms with van der Waals surface area (Å²) in [5.74, 6) is 1.12. The highest BCUT2D eigenvalue weighted by Crippen LogP contribution is 2.32. The lowest BCUT2D eigenvalue weighted by Gasteiger charge is -2.18. The van der Waals surface area contributed by atoms with Crippen LogP contribution in [0.5, 0.6) is 5.75 Å². The second-order valence-corrected chi connectivity index (χ2v) is 10.1. The van der Waals surface area contributed by atoms with E-state index in [4.69, 9.17) is 16.3 Å². The lowest BCUT2D eigenvalue weighted by atomic mass is 10.2. The summed E-state index contributed by atoms with van der Waals surface area (Å²) >= 11 is 8.39. The molecule has 3 aromatic heterocycles. The number of hydrogen-bond acceptors (Lipinski definition) is 7. The normalized spacial score (nSPS) is 16.0. The highest BCUT2D eigenvalue weighted by Gasteiger charge is 2.25. The van der Waals surface area contributed by atoms with E-state index in [1.54, 1.807) is 13.2 Å². The minimum Gasteiger partial charge on any atom is -0.484 e. The van der Waals surface area contributed by atoms with E-state index in [0.717, 1.165) is 42.8 Å². The van der Waals surface area contributed by atoms with Crippen LogP contribution in [0.1, 0.15) is 16.9 Å². The molecule has 35 heavy (non-hydrogen) atoms. The lowest BCUT2D eigenvalue weighted by molar-refractivity contribution is -0.122. The van der Waals surface area contributed by atoms with Gasteiger partial charge in [-0.1, -0.05) is 11.6 Å². The summed E-state index contributed by atoms with van der Waals surface area (Å²) in [6, 6.07) is 9.89. The Morgan fingerprint density at radius 3 is 2.89 bits per heavy atom. The van der Waals surface area contributed by atoms with Crippen LogP contribution in [0.3, 0.4) is 0 Å². The summed E-state index contributed by atoms with van der Waals surface area (Å²) in [5.41, 5.74) is 4.48. The number of halogens is 1. The van der Waals surface area contributed by atoms with Crippen molar-refractivity contribution >= 4 is 45.7 Å². The summed E-state index contributed by atoms with van der Waals surface area (Å²) < 4.78 is 5.48. The van der Waals surface area contributed by atoms with Gasteiger partial charge in [-0.25, -0.2) is 9.97 Å². The number of aryl methyl sites for hydroxylation is 1. The molecule has 10 heteroatoms. The molecule has 1 fully saturated rings. The minimum atomic E-state index is -0.179. The van der Waals surface area contributed by atoms with Crippen molar-refractivity contribution in [3.8, 4) is 17.1 Å². The Morgan fingerprint density at radius 1 is 1.31 bits per heavy atom. The minimum absolute atomic E-state index is 0.0243. The second kappa shape index (κ2) is 10.2. The quantitative estimate of drug-likeness (QED) is 0.324. The number of H-pyrrole nitrogens is 1. The van der Waals surface area contributed by atoms with Gasteiger partial charge in [0.15, 0.2) is 12.3 Å². The zero-order valence-corrected chi connectivity index (χ0v) is 21.2. The van der Waals surface area contributed by atoms with Gasteiger partial charge < -0.3 is 20.4 Å². The van der Waals surface area contributed by atoms with Crippen molar-refractivity contribution in [3.05, 3.63) is 57.4 Å². The average Bonchev–Trinajstić information content (AvgIpc) is 3.60. The summed E-state index contributed by atoms with van der Waals surface area (Å²) in [4.78, 5) is 27.8. The molecule has 1 saturated heterocycles. The number of nitrogens with one attached hydrogen (secondary N) is 3. The van der Waals surface area contributed by atoms with Crippen molar-refractivity contribution in [2.24, 2.45) is 0 Å². The maximum Gasteiger partial charge on any atom is 0.257 e. The fourth-order valence-corrected chi connectivity index (χ4v) is 5.35. The molecule has 0 unspecified atom stereocenters. The smallest absolute Gasteiger partial charge is 0.257 e. The zero-order chi connectivity index (χ0) is 24.4. The van der Waals surface area contributed by atoms with E-state index in [1.165, 1.54) is 10.4 Å². The van der Waals surface area contributed by atoms with Crippen molar-refractivity contribution < 1.29 is 9.53 Å². The Balaban J connectivity index is 1.30. The summed E-state index contributed by atoms with van der Waals surface area (Å²) in [7, 11) is 1.58. The van der Waals surface area contributed by atoms with Crippen molar-refractivity contribution in [2.45, 2.75) is 25.9 Å². The third-order valence-electron chi connectivity index (χ3n) is 6.21. The molecule has 182 valence electrons. The fourth-order valence-electron chi connectivity index (χ4n) is 4.21. The van der Waals surface area contributed by atoms with E-state index in [9.17, 15) is 4.79 Å². The van der Waals surface area contributed by atoms with E-state index in [-0.39, 0.29) is 12.5 Å². The van der Waals surface area contributed by atoms with Gasteiger partial charge in [0.05, 0.1) is 16.9 Å². The predicted molar refractivity (Wildman–Crippen MR) is 140 cm³/mol. The highest BCUT2D eigenvalue weighted by molar-refractivity contribution is 7.10. The number of aromatic nitrogens is 3. The molecule has 4 heterocycles. The van der Waals surface area contributed by atoms with E-state index < -0.39 is 0 Å². The van der Waals surface area contributed by atoms with Gasteiger partial charge in [-0.15, -0.1) is 11.3 Å². The first-order valence-electron chi connectivity index (χ1n) is 11.5. The Morgan fingerprint density at radius 2 is 2.14 bits per heavy atom. The molecule has 1 aliphatic rings. The predicted octanol–water partition coefficient (Wildman–Crippen LogP) is 4.46. The Hall–Kier alpha value is -3.14. The SMILES string of the molecule is CNC(=O)COc1ccc(-c2nc3ncc(Cl)c(N[C@H]4CCN(Cc5sccc5C)C4)c3[nH]2)cc1. The second-order valence-electron chi connectivity index (χ2n) is 8.64. The summed E-state index contributed by atoms with van der Waals surface area (Å²) in [5, 5.41) is 8.90. The van der Waals surface area contributed by atoms with Crippen LogP contribution >= 0.6 is 22.9 Å². The summed E-state index contributed by atoms with van der Waals surface area (Å²) in [6.07, 6.45) is 2.69. The van der Waals surface area contributed by atoms with Crippen molar-refractivity contribution in [1.82, 2.24) is 25.2 Å². The molecule has 0 bridgehead atoms. The molecular formula is C25H27ClN6O2S. The maximum atomic E-state index is 11.4. The maximum absolute atomic E-state index is 11.4. The van der Waals surface area contributed by atoms with Crippen LogP contribution in [-0.2, 0) is 11.3 Å². The molecule has 1 atom stereocenters. The van der Waals surface area contributed by atoms with Crippen LogP contribution < -0.4 is 15.4 Å². The van der Waals surface area contributed by atoms with Crippen molar-refractivity contribution in [2.75, 3.05) is 32.1 Å². The van der Waals surface area contributed by atoms with E-state index >= 15 is 0 Å². The monoisotopic (exact) mass is 510 g/mol. The number of amides is 1. The molecule has 1 aromatic carbocycles. The first-order valence-corrected chi connectivity index (χ1v) is 12.8. The standard InChI is InChI=1S/C25H27ClN6O2S/c1-15-8-10-35-20(15)13-32-9-7-17(12-32)29-22-19(26)11-28-25-23(22)30-24(31-25)16-3-5-18(6-4-16)34-14-21(33)27-2/h3-6,8,10-11,17H,7,9,12-14H2,1-2H3,(H,27,33)(H2,28,29,30,31)/t17-/m0/s1. The number of thiophene rings is 1. The molecule has 0 radical (unpaired) electrons. The molecule has 5 rings (SSSR count). The zero-order valence-electron chi connectivity index (χ0n) is 19.6. The largest absolute Gasteiger partial charge is 0.484 e. The number of anilines is 1. The van der Waals surface area contributed by atoms with Crippen LogP contribution in [-0.4, -0.2) is 58.5 Å². The van der Waals surface area contributed by atoms with Gasteiger partial charge >= 0.3 is 0 Å². The molecular weight excluding hydrogens is 484 g/mol. The Bertz CT molecular complexity index is 1340.